The molecule has 3 aromatic rings. The van der Waals surface area contributed by atoms with Crippen LogP contribution in [0.15, 0.2) is 54.7 Å². The Morgan fingerprint density at radius 2 is 1.90 bits per heavy atom. The van der Waals surface area contributed by atoms with Gasteiger partial charge in [0.15, 0.2) is 0 Å². The van der Waals surface area contributed by atoms with Crippen LogP contribution in [0.3, 0.4) is 0 Å². The summed E-state index contributed by atoms with van der Waals surface area (Å²) in [6, 6.07) is 15.0. The van der Waals surface area contributed by atoms with Crippen LogP contribution in [0.25, 0.3) is 10.9 Å². The van der Waals surface area contributed by atoms with E-state index >= 15 is 0 Å². The monoisotopic (exact) mass is 300 g/mol. The second-order valence-electron chi connectivity index (χ2n) is 5.10. The molecule has 1 heterocycles. The summed E-state index contributed by atoms with van der Waals surface area (Å²) in [5.74, 6) is -0.0359. The van der Waals surface area contributed by atoms with Crippen LogP contribution >= 0.6 is 0 Å². The number of aromatic nitrogens is 1. The van der Waals surface area contributed by atoms with E-state index in [1.165, 1.54) is 0 Å². The molecule has 4 nitrogen and oxygen atoms in total. The first kappa shape index (κ1) is 13.7. The average molecular weight is 300 g/mol. The van der Waals surface area contributed by atoms with Crippen LogP contribution in [-0.4, -0.2) is 13.4 Å². The standard InChI is InChI=1S/C16H16N2O2S/c1-12-4-2-5-13(10-12)11-21(19,20)18-15-7-3-6-14-8-9-17-16(14)15/h2-10,17-18H,11H2,1H3. The van der Waals surface area contributed by atoms with Crippen molar-refractivity contribution in [3.05, 3.63) is 65.9 Å². The fraction of sp³-hybridized carbons (Fsp3) is 0.125. The van der Waals surface area contributed by atoms with Gasteiger partial charge < -0.3 is 4.98 Å². The maximum absolute atomic E-state index is 12.3. The minimum atomic E-state index is -3.44. The zero-order chi connectivity index (χ0) is 14.9. The molecule has 2 aromatic carbocycles. The maximum Gasteiger partial charge on any atom is 0.236 e. The predicted molar refractivity (Wildman–Crippen MR) is 85.7 cm³/mol. The number of nitrogens with one attached hydrogen (secondary N) is 2. The Balaban J connectivity index is 1.88. The molecular weight excluding hydrogens is 284 g/mol. The van der Waals surface area contributed by atoms with E-state index in [0.29, 0.717) is 5.69 Å². The molecule has 0 aliphatic heterocycles. The topological polar surface area (TPSA) is 62.0 Å². The van der Waals surface area contributed by atoms with Crippen molar-refractivity contribution >= 4 is 26.6 Å². The van der Waals surface area contributed by atoms with E-state index in [1.807, 2.05) is 49.4 Å². The van der Waals surface area contributed by atoms with Crippen molar-refractivity contribution in [2.75, 3.05) is 4.72 Å². The number of anilines is 1. The van der Waals surface area contributed by atoms with Crippen LogP contribution in [0, 0.1) is 6.92 Å². The number of aryl methyl sites for hydroxylation is 1. The number of para-hydroxylation sites is 1. The molecule has 0 amide bonds. The van der Waals surface area contributed by atoms with Crippen LogP contribution < -0.4 is 4.72 Å². The van der Waals surface area contributed by atoms with Gasteiger partial charge in [0.2, 0.25) is 10.0 Å². The van der Waals surface area contributed by atoms with Crippen molar-refractivity contribution in [3.8, 4) is 0 Å². The minimum absolute atomic E-state index is 0.0359. The number of benzene rings is 2. The molecule has 0 aliphatic carbocycles. The number of rotatable bonds is 4. The van der Waals surface area contributed by atoms with Crippen molar-refractivity contribution < 1.29 is 8.42 Å². The van der Waals surface area contributed by atoms with Gasteiger partial charge in [0.25, 0.3) is 0 Å². The molecule has 0 fully saturated rings. The van der Waals surface area contributed by atoms with Gasteiger partial charge in [0.1, 0.15) is 0 Å². The second-order valence-corrected chi connectivity index (χ2v) is 6.82. The highest BCUT2D eigenvalue weighted by atomic mass is 32.2. The van der Waals surface area contributed by atoms with Crippen LogP contribution in [0.5, 0.6) is 0 Å². The Morgan fingerprint density at radius 1 is 1.10 bits per heavy atom. The first-order valence-electron chi connectivity index (χ1n) is 6.66. The van der Waals surface area contributed by atoms with Gasteiger partial charge in [0, 0.05) is 11.6 Å². The first-order chi connectivity index (χ1) is 10.0. The van der Waals surface area contributed by atoms with Gasteiger partial charge in [-0.2, -0.15) is 0 Å². The third-order valence-corrected chi connectivity index (χ3v) is 4.54. The fourth-order valence-electron chi connectivity index (χ4n) is 2.39. The van der Waals surface area contributed by atoms with Crippen molar-refractivity contribution in [1.82, 2.24) is 4.98 Å². The highest BCUT2D eigenvalue weighted by Gasteiger charge is 2.13. The Kier molecular flexibility index (Phi) is 3.43. The van der Waals surface area contributed by atoms with Crippen molar-refractivity contribution in [1.29, 1.82) is 0 Å². The molecule has 2 N–H and O–H groups in total. The molecule has 0 radical (unpaired) electrons. The van der Waals surface area contributed by atoms with Gasteiger partial charge in [-0.15, -0.1) is 0 Å². The number of aromatic amines is 1. The number of H-pyrrole nitrogens is 1. The molecule has 21 heavy (non-hydrogen) atoms. The van der Waals surface area contributed by atoms with E-state index < -0.39 is 10.0 Å². The minimum Gasteiger partial charge on any atom is -0.359 e. The highest BCUT2D eigenvalue weighted by molar-refractivity contribution is 7.91. The van der Waals surface area contributed by atoms with Gasteiger partial charge in [0.05, 0.1) is 17.0 Å². The van der Waals surface area contributed by atoms with Crippen LogP contribution in [0.1, 0.15) is 11.1 Å². The second kappa shape index (κ2) is 5.26. The lowest BCUT2D eigenvalue weighted by Gasteiger charge is -2.09. The van der Waals surface area contributed by atoms with E-state index in [1.54, 1.807) is 12.3 Å². The van der Waals surface area contributed by atoms with E-state index in [2.05, 4.69) is 9.71 Å². The summed E-state index contributed by atoms with van der Waals surface area (Å²) in [7, 11) is -3.44. The van der Waals surface area contributed by atoms with Crippen LogP contribution in [0.4, 0.5) is 5.69 Å². The Labute approximate surface area is 123 Å². The number of fused-ring (bicyclic) bond motifs is 1. The Bertz CT molecular complexity index is 882. The molecule has 0 aliphatic rings. The normalized spacial score (nSPS) is 11.7. The van der Waals surface area contributed by atoms with Gasteiger partial charge in [-0.05, 0) is 24.6 Å². The zero-order valence-electron chi connectivity index (χ0n) is 11.6. The highest BCUT2D eigenvalue weighted by Crippen LogP contribution is 2.23. The SMILES string of the molecule is Cc1cccc(CS(=O)(=O)Nc2cccc3cc[nH]c23)c1. The van der Waals surface area contributed by atoms with E-state index in [9.17, 15) is 8.42 Å². The molecule has 0 unspecified atom stereocenters. The number of hydrogen-bond acceptors (Lipinski definition) is 2. The van der Waals surface area contributed by atoms with Gasteiger partial charge in [-0.25, -0.2) is 8.42 Å². The molecule has 0 saturated carbocycles. The van der Waals surface area contributed by atoms with Gasteiger partial charge in [-0.3, -0.25) is 4.72 Å². The third-order valence-electron chi connectivity index (χ3n) is 3.29. The molecule has 5 heteroatoms. The zero-order valence-corrected chi connectivity index (χ0v) is 12.4. The quantitative estimate of drug-likeness (QED) is 0.775. The van der Waals surface area contributed by atoms with Gasteiger partial charge in [-0.1, -0.05) is 42.0 Å². The number of sulfonamides is 1. The third kappa shape index (κ3) is 3.08. The summed E-state index contributed by atoms with van der Waals surface area (Å²) in [4.78, 5) is 3.06. The molecular formula is C16H16N2O2S. The number of hydrogen-bond donors (Lipinski definition) is 2. The molecule has 0 saturated heterocycles. The average Bonchev–Trinajstić information content (AvgIpc) is 2.87. The first-order valence-corrected chi connectivity index (χ1v) is 8.31. The molecule has 0 atom stereocenters. The smallest absolute Gasteiger partial charge is 0.236 e. The van der Waals surface area contributed by atoms with Crippen molar-refractivity contribution in [2.45, 2.75) is 12.7 Å². The summed E-state index contributed by atoms with van der Waals surface area (Å²) in [5, 5.41) is 0.978. The maximum atomic E-state index is 12.3. The van der Waals surface area contributed by atoms with Crippen molar-refractivity contribution in [3.63, 3.8) is 0 Å². The Morgan fingerprint density at radius 3 is 2.71 bits per heavy atom. The van der Waals surface area contributed by atoms with E-state index in [-0.39, 0.29) is 5.75 Å². The lowest BCUT2D eigenvalue weighted by molar-refractivity contribution is 0.600. The van der Waals surface area contributed by atoms with E-state index in [4.69, 9.17) is 0 Å². The lowest BCUT2D eigenvalue weighted by Crippen LogP contribution is -2.15. The van der Waals surface area contributed by atoms with Gasteiger partial charge >= 0.3 is 0 Å². The summed E-state index contributed by atoms with van der Waals surface area (Å²) >= 11 is 0. The summed E-state index contributed by atoms with van der Waals surface area (Å²) in [5.41, 5.74) is 3.20. The molecule has 1 aromatic heterocycles. The van der Waals surface area contributed by atoms with Crippen LogP contribution in [0.2, 0.25) is 0 Å². The predicted octanol–water partition coefficient (Wildman–Crippen LogP) is 3.42. The summed E-state index contributed by atoms with van der Waals surface area (Å²) < 4.78 is 27.3. The fourth-order valence-corrected chi connectivity index (χ4v) is 3.59. The molecule has 0 bridgehead atoms. The van der Waals surface area contributed by atoms with Crippen LogP contribution in [-0.2, 0) is 15.8 Å². The van der Waals surface area contributed by atoms with E-state index in [0.717, 1.165) is 22.0 Å². The molecule has 108 valence electrons. The lowest BCUT2D eigenvalue weighted by atomic mass is 10.2. The van der Waals surface area contributed by atoms with Crippen molar-refractivity contribution in [2.24, 2.45) is 0 Å². The largest absolute Gasteiger partial charge is 0.359 e. The molecule has 0 spiro atoms. The summed E-state index contributed by atoms with van der Waals surface area (Å²) in [6.45, 7) is 1.95. The summed E-state index contributed by atoms with van der Waals surface area (Å²) in [6.07, 6.45) is 1.79. The Hall–Kier alpha value is -2.27. The molecule has 3 rings (SSSR count).